The van der Waals surface area contributed by atoms with E-state index in [1.54, 1.807) is 18.0 Å². The quantitative estimate of drug-likeness (QED) is 0.840. The lowest BCUT2D eigenvalue weighted by Crippen LogP contribution is -2.50. The SMILES string of the molecule is CCc1cc(C(=O)N2CCOCC2CO)cc(NC)n1. The summed E-state index contributed by atoms with van der Waals surface area (Å²) in [7, 11) is 1.78. The summed E-state index contributed by atoms with van der Waals surface area (Å²) >= 11 is 0. The van der Waals surface area contributed by atoms with Gasteiger partial charge in [0.25, 0.3) is 5.91 Å². The van der Waals surface area contributed by atoms with Crippen LogP contribution in [0.3, 0.4) is 0 Å². The molecule has 1 atom stereocenters. The Hall–Kier alpha value is -1.66. The zero-order valence-electron chi connectivity index (χ0n) is 11.9. The highest BCUT2D eigenvalue weighted by Crippen LogP contribution is 2.16. The van der Waals surface area contributed by atoms with Gasteiger partial charge in [-0.2, -0.15) is 0 Å². The van der Waals surface area contributed by atoms with Crippen molar-refractivity contribution in [3.05, 3.63) is 23.4 Å². The van der Waals surface area contributed by atoms with Crippen molar-refractivity contribution in [3.63, 3.8) is 0 Å². The number of ether oxygens (including phenoxy) is 1. The van der Waals surface area contributed by atoms with Crippen molar-refractivity contribution < 1.29 is 14.6 Å². The lowest BCUT2D eigenvalue weighted by molar-refractivity contribution is -0.0184. The first-order valence-corrected chi connectivity index (χ1v) is 6.87. The molecule has 6 heteroatoms. The molecule has 1 aromatic rings. The summed E-state index contributed by atoms with van der Waals surface area (Å²) < 4.78 is 5.30. The van der Waals surface area contributed by atoms with Gasteiger partial charge in [-0.1, -0.05) is 6.92 Å². The van der Waals surface area contributed by atoms with Gasteiger partial charge in [0.1, 0.15) is 5.82 Å². The van der Waals surface area contributed by atoms with E-state index in [1.165, 1.54) is 0 Å². The van der Waals surface area contributed by atoms with Crippen LogP contribution in [0.5, 0.6) is 0 Å². The number of nitrogens with zero attached hydrogens (tertiary/aromatic N) is 2. The van der Waals surface area contributed by atoms with Crippen LogP contribution in [0.15, 0.2) is 12.1 Å². The van der Waals surface area contributed by atoms with E-state index < -0.39 is 0 Å². The Labute approximate surface area is 118 Å². The van der Waals surface area contributed by atoms with E-state index in [2.05, 4.69) is 10.3 Å². The zero-order chi connectivity index (χ0) is 14.5. The monoisotopic (exact) mass is 279 g/mol. The molecule has 20 heavy (non-hydrogen) atoms. The van der Waals surface area contributed by atoms with Crippen LogP contribution in [0.4, 0.5) is 5.82 Å². The fourth-order valence-electron chi connectivity index (χ4n) is 2.26. The minimum Gasteiger partial charge on any atom is -0.394 e. The molecule has 1 unspecified atom stereocenters. The van der Waals surface area contributed by atoms with Crippen LogP contribution in [0.2, 0.25) is 0 Å². The van der Waals surface area contributed by atoms with Gasteiger partial charge in [0.2, 0.25) is 0 Å². The second-order valence-electron chi connectivity index (χ2n) is 4.75. The summed E-state index contributed by atoms with van der Waals surface area (Å²) in [5.41, 5.74) is 1.47. The molecule has 1 amide bonds. The number of morpholine rings is 1. The first-order chi connectivity index (χ1) is 9.69. The van der Waals surface area contributed by atoms with Gasteiger partial charge < -0.3 is 20.1 Å². The Morgan fingerprint density at radius 1 is 1.60 bits per heavy atom. The molecule has 0 bridgehead atoms. The highest BCUT2D eigenvalue weighted by molar-refractivity contribution is 5.95. The van der Waals surface area contributed by atoms with Crippen LogP contribution in [0.1, 0.15) is 23.0 Å². The molecule has 110 valence electrons. The van der Waals surface area contributed by atoms with Gasteiger partial charge in [-0.15, -0.1) is 0 Å². The molecule has 0 aromatic carbocycles. The van der Waals surface area contributed by atoms with Crippen LogP contribution >= 0.6 is 0 Å². The fourth-order valence-corrected chi connectivity index (χ4v) is 2.26. The van der Waals surface area contributed by atoms with Crippen LogP contribution in [0, 0.1) is 0 Å². The van der Waals surface area contributed by atoms with E-state index in [0.717, 1.165) is 12.1 Å². The predicted octanol–water partition coefficient (Wildman–Crippen LogP) is 0.519. The highest BCUT2D eigenvalue weighted by Gasteiger charge is 2.27. The number of aliphatic hydroxyl groups is 1. The van der Waals surface area contributed by atoms with Crippen molar-refractivity contribution in [2.45, 2.75) is 19.4 Å². The summed E-state index contributed by atoms with van der Waals surface area (Å²) in [4.78, 5) is 18.7. The molecule has 0 radical (unpaired) electrons. The number of pyridine rings is 1. The van der Waals surface area contributed by atoms with E-state index in [-0.39, 0.29) is 18.6 Å². The Kier molecular flexibility index (Phi) is 4.92. The highest BCUT2D eigenvalue weighted by atomic mass is 16.5. The Morgan fingerprint density at radius 3 is 3.05 bits per heavy atom. The second kappa shape index (κ2) is 6.67. The third-order valence-electron chi connectivity index (χ3n) is 3.44. The molecule has 2 rings (SSSR count). The maximum atomic E-state index is 12.6. The van der Waals surface area contributed by atoms with Crippen LogP contribution in [-0.2, 0) is 11.2 Å². The van der Waals surface area contributed by atoms with Gasteiger partial charge in [0, 0.05) is 24.8 Å². The molecule has 0 aliphatic carbocycles. The minimum absolute atomic E-state index is 0.0825. The molecule has 1 fully saturated rings. The number of anilines is 1. The number of carbonyl (C=O) groups is 1. The number of rotatable bonds is 4. The summed E-state index contributed by atoms with van der Waals surface area (Å²) in [6, 6.07) is 3.28. The van der Waals surface area contributed by atoms with Gasteiger partial charge >= 0.3 is 0 Å². The topological polar surface area (TPSA) is 74.7 Å². The van der Waals surface area contributed by atoms with E-state index in [4.69, 9.17) is 4.74 Å². The van der Waals surface area contributed by atoms with Crippen molar-refractivity contribution in [1.82, 2.24) is 9.88 Å². The first kappa shape index (κ1) is 14.7. The fraction of sp³-hybridized carbons (Fsp3) is 0.571. The van der Waals surface area contributed by atoms with Crippen molar-refractivity contribution >= 4 is 11.7 Å². The number of carbonyl (C=O) groups excluding carboxylic acids is 1. The van der Waals surface area contributed by atoms with Gasteiger partial charge in [-0.05, 0) is 18.6 Å². The molecule has 1 aromatic heterocycles. The number of aliphatic hydroxyl groups excluding tert-OH is 1. The lowest BCUT2D eigenvalue weighted by atomic mass is 10.1. The molecule has 1 aliphatic rings. The summed E-state index contributed by atoms with van der Waals surface area (Å²) in [6.45, 7) is 3.31. The van der Waals surface area contributed by atoms with Gasteiger partial charge in [0.05, 0.1) is 25.9 Å². The predicted molar refractivity (Wildman–Crippen MR) is 75.9 cm³/mol. The molecule has 0 saturated carbocycles. The maximum Gasteiger partial charge on any atom is 0.254 e. The number of aryl methyl sites for hydroxylation is 1. The Balaban J connectivity index is 2.27. The van der Waals surface area contributed by atoms with Crippen LogP contribution in [-0.4, -0.2) is 60.4 Å². The van der Waals surface area contributed by atoms with Gasteiger partial charge in [-0.25, -0.2) is 4.98 Å². The van der Waals surface area contributed by atoms with E-state index in [1.807, 2.05) is 13.0 Å². The largest absolute Gasteiger partial charge is 0.394 e. The Bertz CT molecular complexity index is 456. The van der Waals surface area contributed by atoms with E-state index in [9.17, 15) is 9.90 Å². The Morgan fingerprint density at radius 2 is 2.40 bits per heavy atom. The smallest absolute Gasteiger partial charge is 0.254 e. The van der Waals surface area contributed by atoms with Gasteiger partial charge in [0.15, 0.2) is 0 Å². The number of nitrogens with one attached hydrogen (secondary N) is 1. The third kappa shape index (κ3) is 3.08. The summed E-state index contributed by atoms with van der Waals surface area (Å²) in [6.07, 6.45) is 0.766. The molecule has 6 nitrogen and oxygen atoms in total. The molecule has 1 aliphatic heterocycles. The standard InChI is InChI=1S/C14H21N3O3/c1-3-11-6-10(7-13(15-2)16-11)14(19)17-4-5-20-9-12(17)8-18/h6-7,12,18H,3-5,8-9H2,1-2H3,(H,15,16). The van der Waals surface area contributed by atoms with Crippen molar-refractivity contribution in [1.29, 1.82) is 0 Å². The normalized spacial score (nSPS) is 18.9. The van der Waals surface area contributed by atoms with Gasteiger partial charge in [-0.3, -0.25) is 4.79 Å². The molecular formula is C14H21N3O3. The van der Waals surface area contributed by atoms with Crippen LogP contribution in [0.25, 0.3) is 0 Å². The minimum atomic E-state index is -0.271. The summed E-state index contributed by atoms with van der Waals surface area (Å²) in [5.74, 6) is 0.599. The third-order valence-corrected chi connectivity index (χ3v) is 3.44. The van der Waals surface area contributed by atoms with E-state index in [0.29, 0.717) is 31.1 Å². The first-order valence-electron chi connectivity index (χ1n) is 6.87. The lowest BCUT2D eigenvalue weighted by Gasteiger charge is -2.34. The average Bonchev–Trinajstić information content (AvgIpc) is 2.53. The molecule has 1 saturated heterocycles. The van der Waals surface area contributed by atoms with Crippen molar-refractivity contribution in [2.24, 2.45) is 0 Å². The number of aromatic nitrogens is 1. The van der Waals surface area contributed by atoms with E-state index >= 15 is 0 Å². The number of hydrogen-bond acceptors (Lipinski definition) is 5. The second-order valence-corrected chi connectivity index (χ2v) is 4.75. The molecule has 2 N–H and O–H groups in total. The summed E-state index contributed by atoms with van der Waals surface area (Å²) in [5, 5.41) is 12.3. The maximum absolute atomic E-state index is 12.6. The van der Waals surface area contributed by atoms with Crippen molar-refractivity contribution in [2.75, 3.05) is 38.7 Å². The molecule has 2 heterocycles. The number of amides is 1. The van der Waals surface area contributed by atoms with Crippen LogP contribution < -0.4 is 5.32 Å². The zero-order valence-corrected chi connectivity index (χ0v) is 11.9. The molecule has 0 spiro atoms. The molecular weight excluding hydrogens is 258 g/mol. The average molecular weight is 279 g/mol. The van der Waals surface area contributed by atoms with Crippen molar-refractivity contribution in [3.8, 4) is 0 Å². The number of hydrogen-bond donors (Lipinski definition) is 2.